The Balaban J connectivity index is 2.63. The van der Waals surface area contributed by atoms with E-state index in [4.69, 9.17) is 11.6 Å². The first-order chi connectivity index (χ1) is 6.33. The Labute approximate surface area is 81.4 Å². The largest absolute Gasteiger partial charge is 0.313 e. The average Bonchev–Trinajstić information content (AvgIpc) is 2.46. The first-order valence-corrected chi connectivity index (χ1v) is 4.47. The van der Waals surface area contributed by atoms with E-state index in [1.165, 1.54) is 0 Å². The zero-order valence-corrected chi connectivity index (χ0v) is 8.04. The summed E-state index contributed by atoms with van der Waals surface area (Å²) in [6, 6.07) is 5.87. The van der Waals surface area contributed by atoms with Gasteiger partial charge in [0.15, 0.2) is 5.15 Å². The molecule has 0 unspecified atom stereocenters. The summed E-state index contributed by atoms with van der Waals surface area (Å²) in [4.78, 5) is 4.25. The quantitative estimate of drug-likeness (QED) is 0.791. The van der Waals surface area contributed by atoms with Gasteiger partial charge in [0.2, 0.25) is 0 Å². The number of nitrogens with zero attached hydrogens (tertiary/aromatic N) is 2. The van der Waals surface area contributed by atoms with Gasteiger partial charge >= 0.3 is 0 Å². The van der Waals surface area contributed by atoms with Crippen LogP contribution in [0.25, 0.3) is 5.52 Å². The molecular weight excluding hydrogens is 186 g/mol. The number of fused-ring (bicyclic) bond motifs is 1. The van der Waals surface area contributed by atoms with Gasteiger partial charge in [0.05, 0.1) is 12.1 Å². The maximum Gasteiger partial charge on any atom is 0.155 e. The highest BCUT2D eigenvalue weighted by molar-refractivity contribution is 6.32. The van der Waals surface area contributed by atoms with E-state index in [1.807, 2.05) is 35.8 Å². The second-order valence-corrected chi connectivity index (χ2v) is 3.16. The van der Waals surface area contributed by atoms with Crippen molar-refractivity contribution in [2.45, 2.75) is 6.54 Å². The van der Waals surface area contributed by atoms with Crippen LogP contribution in [0.2, 0.25) is 5.15 Å². The molecule has 2 rings (SSSR count). The minimum atomic E-state index is 0.561. The predicted octanol–water partition coefficient (Wildman–Crippen LogP) is 1.71. The Morgan fingerprint density at radius 2 is 2.38 bits per heavy atom. The van der Waals surface area contributed by atoms with Crippen LogP contribution in [0, 0.1) is 0 Å². The van der Waals surface area contributed by atoms with Crippen LogP contribution in [0.1, 0.15) is 5.82 Å². The Morgan fingerprint density at radius 3 is 3.15 bits per heavy atom. The molecule has 2 aromatic rings. The Bertz CT molecular complexity index is 422. The maximum atomic E-state index is 5.95. The fourth-order valence-corrected chi connectivity index (χ4v) is 1.60. The van der Waals surface area contributed by atoms with Gasteiger partial charge < -0.3 is 9.72 Å². The van der Waals surface area contributed by atoms with E-state index >= 15 is 0 Å². The topological polar surface area (TPSA) is 29.3 Å². The summed E-state index contributed by atoms with van der Waals surface area (Å²) < 4.78 is 1.98. The number of halogens is 1. The van der Waals surface area contributed by atoms with E-state index in [2.05, 4.69) is 10.3 Å². The van der Waals surface area contributed by atoms with Crippen LogP contribution in [0.3, 0.4) is 0 Å². The highest BCUT2D eigenvalue weighted by Gasteiger charge is 2.06. The number of pyridine rings is 1. The second-order valence-electron chi connectivity index (χ2n) is 2.81. The molecule has 0 saturated carbocycles. The van der Waals surface area contributed by atoms with Crippen molar-refractivity contribution in [2.24, 2.45) is 0 Å². The van der Waals surface area contributed by atoms with E-state index in [-0.39, 0.29) is 0 Å². The molecule has 0 spiro atoms. The number of rotatable bonds is 2. The van der Waals surface area contributed by atoms with Crippen molar-refractivity contribution < 1.29 is 0 Å². The molecular formula is C9H10ClN3. The minimum absolute atomic E-state index is 0.561. The van der Waals surface area contributed by atoms with Crippen molar-refractivity contribution in [3.63, 3.8) is 0 Å². The molecule has 0 bridgehead atoms. The Morgan fingerprint density at radius 1 is 1.54 bits per heavy atom. The molecule has 0 amide bonds. The molecule has 2 heterocycles. The molecule has 2 aromatic heterocycles. The molecule has 13 heavy (non-hydrogen) atoms. The molecule has 0 aliphatic carbocycles. The number of hydrogen-bond donors (Lipinski definition) is 1. The molecule has 0 aromatic carbocycles. The minimum Gasteiger partial charge on any atom is -0.313 e. The second kappa shape index (κ2) is 3.36. The molecule has 0 saturated heterocycles. The first-order valence-electron chi connectivity index (χ1n) is 4.09. The van der Waals surface area contributed by atoms with Crippen LogP contribution in [0.5, 0.6) is 0 Å². The summed E-state index contributed by atoms with van der Waals surface area (Å²) in [5.74, 6) is 0.933. The first kappa shape index (κ1) is 8.53. The number of aromatic nitrogens is 2. The van der Waals surface area contributed by atoms with Crippen LogP contribution >= 0.6 is 11.6 Å². The molecule has 68 valence electrons. The fraction of sp³-hybridized carbons (Fsp3) is 0.222. The van der Waals surface area contributed by atoms with Gasteiger partial charge in [-0.1, -0.05) is 17.7 Å². The van der Waals surface area contributed by atoms with Crippen molar-refractivity contribution in [3.8, 4) is 0 Å². The van der Waals surface area contributed by atoms with Gasteiger partial charge in [0.1, 0.15) is 5.82 Å². The van der Waals surface area contributed by atoms with Crippen molar-refractivity contribution in [1.82, 2.24) is 14.7 Å². The summed E-state index contributed by atoms with van der Waals surface area (Å²) >= 11 is 5.95. The van der Waals surface area contributed by atoms with Crippen LogP contribution in [0.4, 0.5) is 0 Å². The highest BCUT2D eigenvalue weighted by atomic mass is 35.5. The van der Waals surface area contributed by atoms with Crippen molar-refractivity contribution >= 4 is 17.1 Å². The summed E-state index contributed by atoms with van der Waals surface area (Å²) in [6.07, 6.45) is 1.96. The van der Waals surface area contributed by atoms with Crippen molar-refractivity contribution in [2.75, 3.05) is 7.05 Å². The number of nitrogens with one attached hydrogen (secondary N) is 1. The van der Waals surface area contributed by atoms with E-state index in [0.717, 1.165) is 17.9 Å². The maximum absolute atomic E-state index is 5.95. The van der Waals surface area contributed by atoms with Gasteiger partial charge in [-0.15, -0.1) is 0 Å². The lowest BCUT2D eigenvalue weighted by molar-refractivity contribution is 0.755. The zero-order chi connectivity index (χ0) is 9.26. The molecule has 0 aliphatic heterocycles. The van der Waals surface area contributed by atoms with Gasteiger partial charge in [-0.25, -0.2) is 4.98 Å². The predicted molar refractivity (Wildman–Crippen MR) is 53.0 cm³/mol. The Hall–Kier alpha value is -1.06. The van der Waals surface area contributed by atoms with E-state index < -0.39 is 0 Å². The third-order valence-electron chi connectivity index (χ3n) is 1.91. The van der Waals surface area contributed by atoms with Gasteiger partial charge in [-0.2, -0.15) is 0 Å². The standard InChI is InChI=1S/C9H10ClN3/c1-11-6-8-12-9(10)7-4-2-3-5-13(7)8/h2-5,11H,6H2,1H3. The third kappa shape index (κ3) is 1.41. The number of imidazole rings is 1. The van der Waals surface area contributed by atoms with Gasteiger partial charge in [0.25, 0.3) is 0 Å². The summed E-state index contributed by atoms with van der Waals surface area (Å²) in [5, 5.41) is 3.61. The lowest BCUT2D eigenvalue weighted by Gasteiger charge is -1.98. The highest BCUT2D eigenvalue weighted by Crippen LogP contribution is 2.17. The molecule has 3 nitrogen and oxygen atoms in total. The normalized spacial score (nSPS) is 10.9. The van der Waals surface area contributed by atoms with Gasteiger partial charge in [-0.05, 0) is 19.2 Å². The SMILES string of the molecule is CNCc1nc(Cl)c2ccccn12. The molecule has 1 N–H and O–H groups in total. The van der Waals surface area contributed by atoms with Crippen LogP contribution in [0.15, 0.2) is 24.4 Å². The molecule has 0 fully saturated rings. The number of hydrogen-bond acceptors (Lipinski definition) is 2. The lowest BCUT2D eigenvalue weighted by atomic mass is 10.4. The molecule has 0 radical (unpaired) electrons. The molecule has 0 atom stereocenters. The van der Waals surface area contributed by atoms with E-state index in [0.29, 0.717) is 5.15 Å². The smallest absolute Gasteiger partial charge is 0.155 e. The lowest BCUT2D eigenvalue weighted by Crippen LogP contribution is -2.08. The summed E-state index contributed by atoms with van der Waals surface area (Å²) in [6.45, 7) is 0.720. The summed E-state index contributed by atoms with van der Waals surface area (Å²) in [5.41, 5.74) is 0.953. The van der Waals surface area contributed by atoms with Crippen LogP contribution < -0.4 is 5.32 Å². The van der Waals surface area contributed by atoms with Gasteiger partial charge in [-0.3, -0.25) is 0 Å². The zero-order valence-electron chi connectivity index (χ0n) is 7.29. The Kier molecular flexibility index (Phi) is 2.20. The summed E-state index contributed by atoms with van der Waals surface area (Å²) in [7, 11) is 1.89. The van der Waals surface area contributed by atoms with E-state index in [9.17, 15) is 0 Å². The van der Waals surface area contributed by atoms with Gasteiger partial charge in [0, 0.05) is 6.20 Å². The molecule has 0 aliphatic rings. The monoisotopic (exact) mass is 195 g/mol. The average molecular weight is 196 g/mol. The van der Waals surface area contributed by atoms with E-state index in [1.54, 1.807) is 0 Å². The fourth-order valence-electron chi connectivity index (χ4n) is 1.34. The van der Waals surface area contributed by atoms with Crippen molar-refractivity contribution in [1.29, 1.82) is 0 Å². The van der Waals surface area contributed by atoms with Crippen LogP contribution in [-0.2, 0) is 6.54 Å². The molecule has 4 heteroatoms. The van der Waals surface area contributed by atoms with Crippen LogP contribution in [-0.4, -0.2) is 16.4 Å². The third-order valence-corrected chi connectivity index (χ3v) is 2.19. The van der Waals surface area contributed by atoms with Crippen molar-refractivity contribution in [3.05, 3.63) is 35.4 Å².